The molecule has 146 valence electrons. The Morgan fingerprint density at radius 3 is 2.66 bits per heavy atom. The Hall–Kier alpha value is -3.28. The van der Waals surface area contributed by atoms with Gasteiger partial charge in [-0.1, -0.05) is 48.3 Å². The Labute approximate surface area is 176 Å². The van der Waals surface area contributed by atoms with Gasteiger partial charge < -0.3 is 14.8 Å². The smallest absolute Gasteiger partial charge is 0.338 e. The van der Waals surface area contributed by atoms with Gasteiger partial charge in [0.1, 0.15) is 11.1 Å². The van der Waals surface area contributed by atoms with Gasteiger partial charge in [0.05, 0.1) is 11.1 Å². The van der Waals surface area contributed by atoms with E-state index in [-0.39, 0.29) is 0 Å². The molecule has 1 heterocycles. The van der Waals surface area contributed by atoms with Crippen molar-refractivity contribution in [3.05, 3.63) is 71.8 Å². The first-order valence-electron chi connectivity index (χ1n) is 8.56. The molecular weight excluding hydrogens is 406 g/mol. The van der Waals surface area contributed by atoms with Gasteiger partial charge in [-0.05, 0) is 29.8 Å². The molecule has 2 N–H and O–H groups in total. The molecule has 0 aliphatic heterocycles. The van der Waals surface area contributed by atoms with Crippen molar-refractivity contribution in [2.75, 3.05) is 22.9 Å². The van der Waals surface area contributed by atoms with E-state index in [9.17, 15) is 14.9 Å². The topological polar surface area (TPSA) is 91.2 Å². The highest BCUT2D eigenvalue weighted by Crippen LogP contribution is 2.34. The Morgan fingerprint density at radius 1 is 1.14 bits per heavy atom. The van der Waals surface area contributed by atoms with Crippen LogP contribution in [0.4, 0.5) is 10.7 Å². The molecule has 6 nitrogen and oxygen atoms in total. The fourth-order valence-electron chi connectivity index (χ4n) is 2.52. The molecule has 0 radical (unpaired) electrons. The summed E-state index contributed by atoms with van der Waals surface area (Å²) in [5, 5.41) is 12.4. The lowest BCUT2D eigenvalue weighted by molar-refractivity contribution is -0.119. The molecule has 0 spiro atoms. The van der Waals surface area contributed by atoms with E-state index in [0.29, 0.717) is 16.1 Å². The van der Waals surface area contributed by atoms with Crippen molar-refractivity contribution in [3.8, 4) is 16.5 Å². The number of anilines is 2. The van der Waals surface area contributed by atoms with Gasteiger partial charge in [0.25, 0.3) is 5.91 Å². The molecule has 0 aliphatic rings. The van der Waals surface area contributed by atoms with Crippen LogP contribution in [0.1, 0.15) is 15.9 Å². The fraction of sp³-hybridized carbons (Fsp3) is 0.0952. The molecule has 0 saturated carbocycles. The highest BCUT2D eigenvalue weighted by molar-refractivity contribution is 7.99. The average Bonchev–Trinajstić information content (AvgIpc) is 3.16. The molecule has 3 rings (SSSR count). The summed E-state index contributed by atoms with van der Waals surface area (Å²) in [6.07, 6.45) is 1.87. The van der Waals surface area contributed by atoms with Gasteiger partial charge in [0.2, 0.25) is 0 Å². The lowest BCUT2D eigenvalue weighted by Crippen LogP contribution is -2.20. The Morgan fingerprint density at radius 2 is 1.93 bits per heavy atom. The third-order valence-electron chi connectivity index (χ3n) is 3.82. The number of carbonyl (C=O) groups is 2. The average molecular weight is 424 g/mol. The zero-order valence-electron chi connectivity index (χ0n) is 15.5. The van der Waals surface area contributed by atoms with Gasteiger partial charge in [-0.2, -0.15) is 5.26 Å². The summed E-state index contributed by atoms with van der Waals surface area (Å²) in [6, 6.07) is 20.2. The molecular formula is C21H17N3O3S2. The van der Waals surface area contributed by atoms with Crippen LogP contribution in [0.15, 0.2) is 60.7 Å². The second-order valence-corrected chi connectivity index (χ2v) is 7.51. The minimum Gasteiger partial charge on any atom is -0.452 e. The first-order valence-corrected chi connectivity index (χ1v) is 10.6. The second-order valence-electron chi connectivity index (χ2n) is 5.84. The van der Waals surface area contributed by atoms with Crippen molar-refractivity contribution >= 4 is 45.8 Å². The predicted molar refractivity (Wildman–Crippen MR) is 117 cm³/mol. The fourth-order valence-corrected chi connectivity index (χ4v) is 3.91. The standard InChI is InChI=1S/C21H17N3O3S2/c1-28-24-17-9-5-8-15(10-17)21(26)27-13-19(25)23-20-16(12-22)11-18(29-20)14-6-3-2-4-7-14/h2-11,24H,13H2,1H3,(H,23,25). The monoisotopic (exact) mass is 423 g/mol. The number of carbonyl (C=O) groups excluding carboxylic acids is 2. The number of hydrogen-bond acceptors (Lipinski definition) is 7. The third kappa shape index (κ3) is 5.38. The number of hydrogen-bond donors (Lipinski definition) is 2. The van der Waals surface area contributed by atoms with E-state index < -0.39 is 18.5 Å². The first kappa shape index (κ1) is 20.5. The van der Waals surface area contributed by atoms with E-state index in [1.54, 1.807) is 24.3 Å². The minimum atomic E-state index is -0.596. The molecule has 0 atom stereocenters. The molecule has 8 heteroatoms. The largest absolute Gasteiger partial charge is 0.452 e. The molecule has 0 aliphatic carbocycles. The van der Waals surface area contributed by atoms with Gasteiger partial charge in [-0.15, -0.1) is 11.3 Å². The second kappa shape index (κ2) is 9.78. The van der Waals surface area contributed by atoms with Crippen LogP contribution in [0.5, 0.6) is 0 Å². The van der Waals surface area contributed by atoms with Crippen molar-refractivity contribution in [2.24, 2.45) is 0 Å². The SMILES string of the molecule is CSNc1cccc(C(=O)OCC(=O)Nc2sc(-c3ccccc3)cc2C#N)c1. The Balaban J connectivity index is 1.62. The maximum Gasteiger partial charge on any atom is 0.338 e. The highest BCUT2D eigenvalue weighted by atomic mass is 32.2. The molecule has 0 bridgehead atoms. The number of ether oxygens (including phenoxy) is 1. The van der Waals surface area contributed by atoms with E-state index in [1.165, 1.54) is 23.3 Å². The van der Waals surface area contributed by atoms with E-state index in [0.717, 1.165) is 16.1 Å². The summed E-state index contributed by atoms with van der Waals surface area (Å²) in [5.74, 6) is -1.10. The van der Waals surface area contributed by atoms with Crippen LogP contribution < -0.4 is 10.0 Å². The Bertz CT molecular complexity index is 1060. The van der Waals surface area contributed by atoms with Gasteiger partial charge in [0, 0.05) is 16.8 Å². The summed E-state index contributed by atoms with van der Waals surface area (Å²) in [5.41, 5.74) is 2.43. The lowest BCUT2D eigenvalue weighted by Gasteiger charge is -2.07. The number of rotatable bonds is 7. The number of nitriles is 1. The van der Waals surface area contributed by atoms with Crippen LogP contribution in [0.2, 0.25) is 0 Å². The zero-order chi connectivity index (χ0) is 20.6. The predicted octanol–water partition coefficient (Wildman–Crippen LogP) is 4.77. The van der Waals surface area contributed by atoms with Crippen molar-refractivity contribution in [2.45, 2.75) is 0 Å². The van der Waals surface area contributed by atoms with Crippen LogP contribution in [-0.2, 0) is 9.53 Å². The normalized spacial score (nSPS) is 10.1. The maximum absolute atomic E-state index is 12.2. The molecule has 3 aromatic rings. The summed E-state index contributed by atoms with van der Waals surface area (Å²) in [6.45, 7) is -0.442. The lowest BCUT2D eigenvalue weighted by atomic mass is 10.2. The number of nitrogens with one attached hydrogen (secondary N) is 2. The third-order valence-corrected chi connectivity index (χ3v) is 5.36. The number of esters is 1. The first-order chi connectivity index (χ1) is 14.1. The summed E-state index contributed by atoms with van der Waals surface area (Å²) < 4.78 is 8.13. The number of benzene rings is 2. The van der Waals surface area contributed by atoms with Gasteiger partial charge in [0.15, 0.2) is 6.61 Å². The van der Waals surface area contributed by atoms with Gasteiger partial charge in [-0.25, -0.2) is 4.79 Å². The molecule has 1 amide bonds. The van der Waals surface area contributed by atoms with Crippen molar-refractivity contribution < 1.29 is 14.3 Å². The molecule has 0 fully saturated rings. The molecule has 2 aromatic carbocycles. The van der Waals surface area contributed by atoms with Crippen LogP contribution in [-0.4, -0.2) is 24.7 Å². The quantitative estimate of drug-likeness (QED) is 0.420. The summed E-state index contributed by atoms with van der Waals surface area (Å²) in [4.78, 5) is 25.3. The summed E-state index contributed by atoms with van der Waals surface area (Å²) in [7, 11) is 0. The van der Waals surface area contributed by atoms with E-state index >= 15 is 0 Å². The zero-order valence-corrected chi connectivity index (χ0v) is 17.1. The van der Waals surface area contributed by atoms with Gasteiger partial charge >= 0.3 is 5.97 Å². The minimum absolute atomic E-state index is 0.344. The van der Waals surface area contributed by atoms with E-state index in [1.807, 2.05) is 42.7 Å². The number of amides is 1. The molecule has 1 aromatic heterocycles. The Kier molecular flexibility index (Phi) is 6.89. The van der Waals surface area contributed by atoms with E-state index in [4.69, 9.17) is 4.74 Å². The van der Waals surface area contributed by atoms with Crippen LogP contribution in [0.25, 0.3) is 10.4 Å². The van der Waals surface area contributed by atoms with Crippen LogP contribution >= 0.6 is 23.3 Å². The van der Waals surface area contributed by atoms with E-state index in [2.05, 4.69) is 16.1 Å². The van der Waals surface area contributed by atoms with Crippen LogP contribution in [0, 0.1) is 11.3 Å². The summed E-state index contributed by atoms with van der Waals surface area (Å²) >= 11 is 2.71. The van der Waals surface area contributed by atoms with Crippen molar-refractivity contribution in [1.29, 1.82) is 5.26 Å². The number of thiophene rings is 1. The van der Waals surface area contributed by atoms with Crippen molar-refractivity contribution in [1.82, 2.24) is 0 Å². The maximum atomic E-state index is 12.2. The molecule has 0 unspecified atom stereocenters. The highest BCUT2D eigenvalue weighted by Gasteiger charge is 2.15. The number of nitrogens with zero attached hydrogens (tertiary/aromatic N) is 1. The van der Waals surface area contributed by atoms with Crippen molar-refractivity contribution in [3.63, 3.8) is 0 Å². The molecule has 29 heavy (non-hydrogen) atoms. The molecule has 0 saturated heterocycles. The van der Waals surface area contributed by atoms with Gasteiger partial charge in [-0.3, -0.25) is 4.79 Å². The van der Waals surface area contributed by atoms with Crippen LogP contribution in [0.3, 0.4) is 0 Å².